The summed E-state index contributed by atoms with van der Waals surface area (Å²) in [5.41, 5.74) is 0.636. The van der Waals surface area contributed by atoms with Gasteiger partial charge in [-0.15, -0.1) is 0 Å². The Balaban J connectivity index is 1.87. The van der Waals surface area contributed by atoms with Gasteiger partial charge in [-0.1, -0.05) is 6.07 Å². The second-order valence-electron chi connectivity index (χ2n) is 4.25. The first-order chi connectivity index (χ1) is 8.49. The standard InChI is InChI=1S/C12H11BrFNO3/c13-9-2-1-6(3-10(9)14)5-15-11(16)7-4-8(7)12(17)18/h1-3,7-8H,4-5H2,(H,15,16)(H,17,18). The van der Waals surface area contributed by atoms with Crippen molar-refractivity contribution < 1.29 is 19.1 Å². The summed E-state index contributed by atoms with van der Waals surface area (Å²) in [5.74, 6) is -2.62. The normalized spacial score (nSPS) is 21.4. The van der Waals surface area contributed by atoms with Gasteiger partial charge in [0.15, 0.2) is 0 Å². The van der Waals surface area contributed by atoms with Crippen LogP contribution in [0.2, 0.25) is 0 Å². The van der Waals surface area contributed by atoms with Crippen LogP contribution >= 0.6 is 15.9 Å². The van der Waals surface area contributed by atoms with Crippen LogP contribution in [0, 0.1) is 17.7 Å². The van der Waals surface area contributed by atoms with Gasteiger partial charge in [0, 0.05) is 6.54 Å². The first kappa shape index (κ1) is 13.0. The second kappa shape index (κ2) is 5.06. The Hall–Kier alpha value is -1.43. The van der Waals surface area contributed by atoms with Crippen molar-refractivity contribution in [3.8, 4) is 0 Å². The number of benzene rings is 1. The van der Waals surface area contributed by atoms with Crippen LogP contribution in [0.25, 0.3) is 0 Å². The highest BCUT2D eigenvalue weighted by Crippen LogP contribution is 2.38. The fourth-order valence-electron chi connectivity index (χ4n) is 1.73. The highest BCUT2D eigenvalue weighted by atomic mass is 79.9. The molecule has 0 aromatic heterocycles. The zero-order valence-corrected chi connectivity index (χ0v) is 10.9. The van der Waals surface area contributed by atoms with Crippen LogP contribution in [0.1, 0.15) is 12.0 Å². The Morgan fingerprint density at radius 3 is 2.72 bits per heavy atom. The largest absolute Gasteiger partial charge is 0.481 e. The maximum absolute atomic E-state index is 13.2. The fraction of sp³-hybridized carbons (Fsp3) is 0.333. The molecule has 0 heterocycles. The molecule has 4 nitrogen and oxygen atoms in total. The van der Waals surface area contributed by atoms with Crippen molar-refractivity contribution in [3.05, 3.63) is 34.1 Å². The molecule has 0 saturated heterocycles. The molecule has 6 heteroatoms. The van der Waals surface area contributed by atoms with Gasteiger partial charge in [-0.05, 0) is 40.0 Å². The van der Waals surface area contributed by atoms with Crippen molar-refractivity contribution >= 4 is 27.8 Å². The Morgan fingerprint density at radius 1 is 1.44 bits per heavy atom. The number of carboxylic acids is 1. The predicted molar refractivity (Wildman–Crippen MR) is 65.2 cm³/mol. The lowest BCUT2D eigenvalue weighted by atomic mass is 10.2. The molecule has 1 fully saturated rings. The third kappa shape index (κ3) is 2.87. The number of halogens is 2. The zero-order valence-electron chi connectivity index (χ0n) is 9.32. The van der Waals surface area contributed by atoms with E-state index in [1.807, 2.05) is 0 Å². The van der Waals surface area contributed by atoms with Gasteiger partial charge in [0.25, 0.3) is 0 Å². The summed E-state index contributed by atoms with van der Waals surface area (Å²) in [4.78, 5) is 22.2. The van der Waals surface area contributed by atoms with Crippen LogP contribution in [-0.4, -0.2) is 17.0 Å². The van der Waals surface area contributed by atoms with Crippen molar-refractivity contribution in [2.24, 2.45) is 11.8 Å². The van der Waals surface area contributed by atoms with Gasteiger partial charge in [-0.3, -0.25) is 9.59 Å². The molecule has 0 aliphatic heterocycles. The minimum atomic E-state index is -0.940. The van der Waals surface area contributed by atoms with E-state index in [4.69, 9.17) is 5.11 Å². The SMILES string of the molecule is O=C(O)C1CC1C(=O)NCc1ccc(Br)c(F)c1. The van der Waals surface area contributed by atoms with Crippen LogP contribution in [0.4, 0.5) is 4.39 Å². The smallest absolute Gasteiger partial charge is 0.307 e. The number of carboxylic acid groups (broad SMARTS) is 1. The molecule has 0 radical (unpaired) electrons. The molecule has 1 saturated carbocycles. The van der Waals surface area contributed by atoms with Crippen LogP contribution in [0.15, 0.2) is 22.7 Å². The Labute approximate surface area is 111 Å². The molecule has 2 unspecified atom stereocenters. The highest BCUT2D eigenvalue weighted by molar-refractivity contribution is 9.10. The van der Waals surface area contributed by atoms with E-state index in [9.17, 15) is 14.0 Å². The molecule has 1 aromatic carbocycles. The van der Waals surface area contributed by atoms with Crippen molar-refractivity contribution in [2.45, 2.75) is 13.0 Å². The number of carbonyl (C=O) groups excluding carboxylic acids is 1. The first-order valence-electron chi connectivity index (χ1n) is 5.43. The molecule has 18 heavy (non-hydrogen) atoms. The number of rotatable bonds is 4. The van der Waals surface area contributed by atoms with Gasteiger partial charge in [-0.25, -0.2) is 4.39 Å². The summed E-state index contributed by atoms with van der Waals surface area (Å²) in [6.45, 7) is 0.200. The summed E-state index contributed by atoms with van der Waals surface area (Å²) < 4.78 is 13.6. The maximum Gasteiger partial charge on any atom is 0.307 e. The molecule has 2 rings (SSSR count). The van der Waals surface area contributed by atoms with E-state index in [1.54, 1.807) is 12.1 Å². The molecule has 1 aliphatic carbocycles. The minimum absolute atomic E-state index is 0.200. The van der Waals surface area contributed by atoms with Crippen LogP contribution in [0.3, 0.4) is 0 Å². The van der Waals surface area contributed by atoms with E-state index < -0.39 is 23.6 Å². The summed E-state index contributed by atoms with van der Waals surface area (Å²) in [6.07, 6.45) is 0.385. The molecule has 1 aromatic rings. The van der Waals surface area contributed by atoms with Crippen molar-refractivity contribution in [2.75, 3.05) is 0 Å². The van der Waals surface area contributed by atoms with E-state index >= 15 is 0 Å². The van der Waals surface area contributed by atoms with Crippen molar-refractivity contribution in [1.29, 1.82) is 0 Å². The number of aliphatic carboxylic acids is 1. The molecule has 2 N–H and O–H groups in total. The van der Waals surface area contributed by atoms with E-state index in [1.165, 1.54) is 6.07 Å². The summed E-state index contributed by atoms with van der Waals surface area (Å²) in [7, 11) is 0. The van der Waals surface area contributed by atoms with Gasteiger partial charge in [0.05, 0.1) is 16.3 Å². The van der Waals surface area contributed by atoms with Crippen LogP contribution in [0.5, 0.6) is 0 Å². The van der Waals surface area contributed by atoms with E-state index in [0.717, 1.165) is 0 Å². The van der Waals surface area contributed by atoms with Gasteiger partial charge < -0.3 is 10.4 Å². The third-order valence-corrected chi connectivity index (χ3v) is 3.54. The van der Waals surface area contributed by atoms with Gasteiger partial charge in [-0.2, -0.15) is 0 Å². The minimum Gasteiger partial charge on any atom is -0.481 e. The van der Waals surface area contributed by atoms with E-state index in [-0.39, 0.29) is 12.5 Å². The first-order valence-corrected chi connectivity index (χ1v) is 6.23. The number of nitrogens with one attached hydrogen (secondary N) is 1. The molecule has 0 spiro atoms. The quantitative estimate of drug-likeness (QED) is 0.892. The Morgan fingerprint density at radius 2 is 2.17 bits per heavy atom. The lowest BCUT2D eigenvalue weighted by Gasteiger charge is -2.05. The van der Waals surface area contributed by atoms with Gasteiger partial charge in [0.1, 0.15) is 5.82 Å². The number of amides is 1. The van der Waals surface area contributed by atoms with Crippen molar-refractivity contribution in [3.63, 3.8) is 0 Å². The Bertz CT molecular complexity index is 506. The summed E-state index contributed by atoms with van der Waals surface area (Å²) in [5, 5.41) is 11.3. The molecule has 0 bridgehead atoms. The van der Waals surface area contributed by atoms with E-state index in [2.05, 4.69) is 21.2 Å². The lowest BCUT2D eigenvalue weighted by molar-refractivity contribution is -0.140. The summed E-state index contributed by atoms with van der Waals surface area (Å²) >= 11 is 3.04. The topological polar surface area (TPSA) is 66.4 Å². The average molecular weight is 316 g/mol. The molecule has 1 amide bonds. The lowest BCUT2D eigenvalue weighted by Crippen LogP contribution is -2.25. The molecular formula is C12H11BrFNO3. The number of carbonyl (C=O) groups is 2. The Kier molecular flexibility index (Phi) is 3.65. The van der Waals surface area contributed by atoms with Crippen molar-refractivity contribution in [1.82, 2.24) is 5.32 Å². The molecule has 96 valence electrons. The molecular weight excluding hydrogens is 305 g/mol. The van der Waals surface area contributed by atoms with Gasteiger partial charge >= 0.3 is 5.97 Å². The highest BCUT2D eigenvalue weighted by Gasteiger charge is 2.48. The van der Waals surface area contributed by atoms with E-state index in [0.29, 0.717) is 16.5 Å². The number of hydrogen-bond donors (Lipinski definition) is 2. The molecule has 1 aliphatic rings. The van der Waals surface area contributed by atoms with Crippen LogP contribution < -0.4 is 5.32 Å². The monoisotopic (exact) mass is 315 g/mol. The van der Waals surface area contributed by atoms with Crippen LogP contribution in [-0.2, 0) is 16.1 Å². The average Bonchev–Trinajstić information content (AvgIpc) is 3.10. The van der Waals surface area contributed by atoms with Gasteiger partial charge in [0.2, 0.25) is 5.91 Å². The predicted octanol–water partition coefficient (Wildman–Crippen LogP) is 1.93. The maximum atomic E-state index is 13.2. The zero-order chi connectivity index (χ0) is 13.3. The number of hydrogen-bond acceptors (Lipinski definition) is 2. The summed E-state index contributed by atoms with van der Waals surface area (Å²) in [6, 6.07) is 4.58. The second-order valence-corrected chi connectivity index (χ2v) is 5.11. The third-order valence-electron chi connectivity index (χ3n) is 2.90. The molecule has 2 atom stereocenters. The fourth-order valence-corrected chi connectivity index (χ4v) is 1.97.